The number of ether oxygens (including phenoxy) is 6. The molecule has 0 unspecified atom stereocenters. The fraction of sp³-hybridized carbons (Fsp3) is 0.525. The second-order valence-corrected chi connectivity index (χ2v) is 33.7. The molecular formula is C80H106Cl2N11O27P. The molecule has 5 aromatic carbocycles. The molecule has 0 radical (unpaired) electrons. The largest absolute Gasteiger partial charge is 0.507 e. The van der Waals surface area contributed by atoms with Crippen LogP contribution in [0.25, 0.3) is 11.1 Å². The summed E-state index contributed by atoms with van der Waals surface area (Å²) >= 11 is 14.3. The lowest BCUT2D eigenvalue weighted by atomic mass is 9.85. The van der Waals surface area contributed by atoms with Gasteiger partial charge in [-0.15, -0.1) is 0 Å². The molecule has 121 heavy (non-hydrogen) atoms. The fourth-order valence-electron chi connectivity index (χ4n) is 15.2. The van der Waals surface area contributed by atoms with Gasteiger partial charge in [-0.05, 0) is 123 Å². The predicted octanol–water partition coefficient (Wildman–Crippen LogP) is 2.69. The van der Waals surface area contributed by atoms with E-state index in [1.165, 1.54) is 51.3 Å². The van der Waals surface area contributed by atoms with E-state index in [1.54, 1.807) is 13.8 Å². The number of nitrogens with one attached hydrogen (secondary N) is 10. The molecule has 2 fully saturated rings. The standard InChI is InChI=1S/C80H106Cl2N11O27P/c1-7-8-9-10-11-12-13-14-21-85-22-23-87-80(5)32-57(115-37(4)71(80)103)119-70-68(102)67(101)55(34-94)118-79(70)120-69-53-28-41-29-54(69)117-52-20-17-40(27-46(52)82)65(99)63-77(109)91-61(78(110)111)43-30-50(96)44(33-86-35-121(112,113)114)66(100)58(43)42-25-38(15-18-49(42)95)59(74(106)93-63)90-75(107)60(41)89-73(105)48(31-56(83)97)88-76(108)62(92-72(104)47(84-6)24-36(2)3)64(98)39-16-19-51(116-53)45(81)26-39/h15-20,25-30,36-37,47-48,55,57,59-65,67-68,70-71,79,84-87,94-96,98-103H,7-14,21-24,31-35H2,1-6H3,(H2,83,97)(H,88,108)(H,89,105)(H,90,107)(H,91,109)(H,92,104)(H,93,106)(H,110,111)(H2,112,113,114)/t37-,47+,48-,55+,57-,59+,60+,61-,62+,63-,64-,65+,67+,68-,70+,71+,79-,80-/m0/s1. The summed E-state index contributed by atoms with van der Waals surface area (Å²) < 4.78 is 51.4. The Morgan fingerprint density at radius 1 is 0.694 bits per heavy atom. The summed E-state index contributed by atoms with van der Waals surface area (Å²) in [6.45, 7) is 8.98. The van der Waals surface area contributed by atoms with Crippen LogP contribution < -0.4 is 73.1 Å². The van der Waals surface area contributed by atoms with Crippen molar-refractivity contribution in [1.82, 2.24) is 53.2 Å². The van der Waals surface area contributed by atoms with Gasteiger partial charge in [0.2, 0.25) is 53.4 Å². The number of aliphatic hydroxyl groups excluding tert-OH is 6. The zero-order valence-electron chi connectivity index (χ0n) is 67.1. The number of fused-ring (bicyclic) bond motifs is 15. The Labute approximate surface area is 705 Å². The topological polar surface area (TPSA) is 598 Å². The molecule has 662 valence electrons. The number of phenolic OH excluding ortho intramolecular Hbond substituents is 3. The molecule has 7 aliphatic rings. The number of hydrogen-bond donors (Lipinski definition) is 23. The number of hydrogen-bond acceptors (Lipinski definition) is 28. The number of rotatable bonds is 30. The molecule has 12 rings (SSSR count). The predicted molar refractivity (Wildman–Crippen MR) is 432 cm³/mol. The SMILES string of the molecule is CCCCCCCCCCNCCN[C@@]1(C)C[C@H](O[C@H]2[C@H](Oc3c4cc5cc3Oc3ccc(cc3Cl)[C@H](O)[C@@H](NC(=O)[C@@H](CC(C)C)NC)C(=O)N[C@@H](CC(N)=O)C(=O)N[C@H]5C(=O)N[C@H]3C(=O)N[C@H](C(=O)N[C@H](C(=O)O)c5cc(O)c(CNCP(=O)(O)O)c(O)c5-c5cc3ccc5O)[C@H](O)c3ccc(c(Cl)c3)O4)O[C@H](CO)[C@@H](O)[C@@H]2O)O[C@@H](C)[C@H]1O. The lowest BCUT2D eigenvalue weighted by Gasteiger charge is -2.48. The van der Waals surface area contributed by atoms with E-state index in [0.29, 0.717) is 13.1 Å². The number of likely N-dealkylation sites (N-methyl/N-ethyl adjacent to an activating group) is 1. The van der Waals surface area contributed by atoms with E-state index in [0.717, 1.165) is 86.5 Å². The van der Waals surface area contributed by atoms with Gasteiger partial charge in [-0.25, -0.2) is 4.79 Å². The monoisotopic (exact) mass is 1750 g/mol. The van der Waals surface area contributed by atoms with Crippen LogP contribution in [0.4, 0.5) is 0 Å². The van der Waals surface area contributed by atoms with Gasteiger partial charge in [0.15, 0.2) is 29.9 Å². The van der Waals surface area contributed by atoms with Crippen LogP contribution in [0.2, 0.25) is 10.0 Å². The molecule has 7 heterocycles. The van der Waals surface area contributed by atoms with Crippen LogP contribution in [0.15, 0.2) is 72.8 Å². The number of aliphatic hydroxyl groups is 6. The van der Waals surface area contributed by atoms with E-state index in [1.807, 2.05) is 13.8 Å². The van der Waals surface area contributed by atoms with E-state index in [2.05, 4.69) is 60.1 Å². The Balaban J connectivity index is 1.17. The van der Waals surface area contributed by atoms with Gasteiger partial charge in [0.25, 0.3) is 0 Å². The number of phenols is 3. The Morgan fingerprint density at radius 3 is 1.91 bits per heavy atom. The number of carbonyl (C=O) groups is 8. The number of carboxylic acids is 1. The Hall–Kier alpha value is -9.13. The molecule has 5 aromatic rings. The van der Waals surface area contributed by atoms with Gasteiger partial charge in [0, 0.05) is 48.3 Å². The van der Waals surface area contributed by atoms with Gasteiger partial charge in [0.1, 0.15) is 89.5 Å². The first-order valence-corrected chi connectivity index (χ1v) is 42.3. The number of carbonyl (C=O) groups excluding carboxylic acids is 7. The Kier molecular flexibility index (Phi) is 32.2. The summed E-state index contributed by atoms with van der Waals surface area (Å²) in [7, 11) is -3.38. The van der Waals surface area contributed by atoms with Crippen molar-refractivity contribution in [2.24, 2.45) is 11.7 Å². The highest BCUT2D eigenvalue weighted by Gasteiger charge is 2.52. The van der Waals surface area contributed by atoms with Crippen LogP contribution in [0.1, 0.15) is 169 Å². The number of halogens is 2. The van der Waals surface area contributed by atoms with Gasteiger partial charge in [-0.1, -0.05) is 107 Å². The first-order chi connectivity index (χ1) is 57.3. The Bertz CT molecular complexity index is 4650. The zero-order valence-corrected chi connectivity index (χ0v) is 69.5. The zero-order chi connectivity index (χ0) is 88.2. The average molecular weight is 1760 g/mol. The minimum Gasteiger partial charge on any atom is -0.507 e. The number of nitrogens with two attached hydrogens (primary N) is 1. The van der Waals surface area contributed by atoms with Crippen LogP contribution >= 0.6 is 30.8 Å². The second-order valence-electron chi connectivity index (χ2n) is 31.3. The van der Waals surface area contributed by atoms with Crippen molar-refractivity contribution >= 4 is 78.1 Å². The number of amides is 7. The lowest BCUT2D eigenvalue weighted by Crippen LogP contribution is -2.65. The quantitative estimate of drug-likeness (QED) is 0.0232. The third-order valence-electron chi connectivity index (χ3n) is 21.7. The molecule has 24 N–H and O–H groups in total. The van der Waals surface area contributed by atoms with Crippen LogP contribution in [-0.4, -0.2) is 227 Å². The third-order valence-corrected chi connectivity index (χ3v) is 22.9. The number of unbranched alkanes of at least 4 members (excludes halogenated alkanes) is 7. The highest BCUT2D eigenvalue weighted by atomic mass is 35.5. The summed E-state index contributed by atoms with van der Waals surface area (Å²) in [6, 6.07) is -2.39. The molecule has 0 aliphatic carbocycles. The van der Waals surface area contributed by atoms with Crippen molar-refractivity contribution < 1.29 is 132 Å². The minimum absolute atomic E-state index is 0.123. The number of carboxylic acid groups (broad SMARTS) is 1. The molecular weight excluding hydrogens is 1650 g/mol. The van der Waals surface area contributed by atoms with Crippen LogP contribution in [0, 0.1) is 5.92 Å². The molecule has 38 nitrogen and oxygen atoms in total. The van der Waals surface area contributed by atoms with Crippen LogP contribution in [0.5, 0.6) is 46.0 Å². The van der Waals surface area contributed by atoms with E-state index in [4.69, 9.17) is 57.4 Å². The first kappa shape index (κ1) is 94.1. The normalized spacial score (nSPS) is 26.7. The van der Waals surface area contributed by atoms with Crippen LogP contribution in [-0.2, 0) is 63.7 Å². The molecule has 0 saturated carbocycles. The van der Waals surface area contributed by atoms with E-state index < -0.39 is 269 Å². The second kappa shape index (κ2) is 41.4. The lowest BCUT2D eigenvalue weighted by molar-refractivity contribution is -0.334. The van der Waals surface area contributed by atoms with Crippen molar-refractivity contribution in [3.05, 3.63) is 116 Å². The van der Waals surface area contributed by atoms with E-state index in [-0.39, 0.29) is 40.7 Å². The maximum Gasteiger partial charge on any atom is 0.339 e. The third kappa shape index (κ3) is 23.0. The average Bonchev–Trinajstić information content (AvgIpc) is 1.36. The van der Waals surface area contributed by atoms with Gasteiger partial charge in [-0.2, -0.15) is 0 Å². The molecule has 0 spiro atoms. The highest BCUT2D eigenvalue weighted by Crippen LogP contribution is 2.51. The van der Waals surface area contributed by atoms with Gasteiger partial charge >= 0.3 is 13.6 Å². The number of aliphatic carboxylic acids is 1. The van der Waals surface area contributed by atoms with E-state index in [9.17, 15) is 79.8 Å². The molecule has 41 heteroatoms. The van der Waals surface area contributed by atoms with Crippen molar-refractivity contribution in [2.75, 3.05) is 39.6 Å². The van der Waals surface area contributed by atoms with Crippen molar-refractivity contribution in [3.8, 4) is 57.1 Å². The summed E-state index contributed by atoms with van der Waals surface area (Å²) in [5, 5.41) is 144. The highest BCUT2D eigenvalue weighted by molar-refractivity contribution is 7.51. The molecule has 0 aromatic heterocycles. The summed E-state index contributed by atoms with van der Waals surface area (Å²) in [4.78, 5) is 138. The molecule has 11 bridgehead atoms. The van der Waals surface area contributed by atoms with E-state index >= 15 is 24.0 Å². The smallest absolute Gasteiger partial charge is 0.339 e. The van der Waals surface area contributed by atoms with Crippen molar-refractivity contribution in [3.63, 3.8) is 0 Å². The van der Waals surface area contributed by atoms with Crippen molar-refractivity contribution in [2.45, 2.75) is 221 Å². The van der Waals surface area contributed by atoms with Gasteiger partial charge in [-0.3, -0.25) is 38.1 Å². The molecule has 18 atom stereocenters. The summed E-state index contributed by atoms with van der Waals surface area (Å²) in [5.74, 6) is -17.1. The number of benzene rings is 5. The maximum absolute atomic E-state index is 16.3. The van der Waals surface area contributed by atoms with Crippen LogP contribution in [0.3, 0.4) is 0 Å². The molecule has 2 saturated heterocycles. The summed E-state index contributed by atoms with van der Waals surface area (Å²) in [5.41, 5.74) is 0.545. The summed E-state index contributed by atoms with van der Waals surface area (Å²) in [6.07, 6.45) is -10.6. The minimum atomic E-state index is -4.85. The first-order valence-electron chi connectivity index (χ1n) is 39.7. The van der Waals surface area contributed by atoms with Gasteiger partial charge in [0.05, 0.1) is 53.2 Å². The molecule has 7 amide bonds. The number of primary amides is 1. The fourth-order valence-corrected chi connectivity index (χ4v) is 16.0. The van der Waals surface area contributed by atoms with Crippen molar-refractivity contribution in [1.29, 1.82) is 0 Å². The molecule has 7 aliphatic heterocycles. The van der Waals surface area contributed by atoms with Gasteiger partial charge < -0.3 is 148 Å². The maximum atomic E-state index is 16.3. The Morgan fingerprint density at radius 2 is 1.31 bits per heavy atom. The number of aromatic hydroxyl groups is 3.